The van der Waals surface area contributed by atoms with Gasteiger partial charge in [-0.1, -0.05) is 18.2 Å². The smallest absolute Gasteiger partial charge is 0.227 e. The van der Waals surface area contributed by atoms with Gasteiger partial charge in [0.1, 0.15) is 5.75 Å². The summed E-state index contributed by atoms with van der Waals surface area (Å²) < 4.78 is 8.18. The third-order valence-corrected chi connectivity index (χ3v) is 8.00. The Morgan fingerprint density at radius 2 is 1.81 bits per heavy atom. The van der Waals surface area contributed by atoms with Gasteiger partial charge in [-0.05, 0) is 37.1 Å². The minimum Gasteiger partial charge on any atom is -0.494 e. The molecule has 7 rings (SSSR count). The Morgan fingerprint density at radius 1 is 0.973 bits per heavy atom. The summed E-state index contributed by atoms with van der Waals surface area (Å²) >= 11 is 0. The van der Waals surface area contributed by atoms with Crippen molar-refractivity contribution in [2.75, 3.05) is 56.6 Å². The lowest BCUT2D eigenvalue weighted by Gasteiger charge is -2.44. The molecule has 190 valence electrons. The van der Waals surface area contributed by atoms with E-state index in [1.807, 2.05) is 12.3 Å². The first-order valence-electron chi connectivity index (χ1n) is 13.3. The van der Waals surface area contributed by atoms with Crippen LogP contribution in [-0.2, 0) is 0 Å². The van der Waals surface area contributed by atoms with Gasteiger partial charge < -0.3 is 24.8 Å². The summed E-state index contributed by atoms with van der Waals surface area (Å²) in [5.41, 5.74) is 5.39. The molecule has 0 atom stereocenters. The lowest BCUT2D eigenvalue weighted by Crippen LogP contribution is -2.61. The number of methoxy groups -OCH3 is 1. The number of rotatable bonds is 7. The summed E-state index contributed by atoms with van der Waals surface area (Å²) in [5, 5.41) is 8.02. The monoisotopic (exact) mass is 495 g/mol. The Bertz CT molecular complexity index is 1420. The molecule has 37 heavy (non-hydrogen) atoms. The summed E-state index contributed by atoms with van der Waals surface area (Å²) in [6.45, 7) is 6.52. The van der Waals surface area contributed by atoms with Gasteiger partial charge in [0.15, 0.2) is 0 Å². The van der Waals surface area contributed by atoms with Crippen molar-refractivity contribution in [2.24, 2.45) is 0 Å². The lowest BCUT2D eigenvalue weighted by atomic mass is 10.1. The van der Waals surface area contributed by atoms with Crippen LogP contribution in [0, 0.1) is 0 Å². The first-order chi connectivity index (χ1) is 18.3. The van der Waals surface area contributed by atoms with Crippen molar-refractivity contribution in [3.8, 4) is 17.0 Å². The average molecular weight is 496 g/mol. The normalized spacial score (nSPS) is 18.7. The van der Waals surface area contributed by atoms with E-state index in [4.69, 9.17) is 9.72 Å². The molecule has 4 aromatic rings. The van der Waals surface area contributed by atoms with E-state index < -0.39 is 0 Å². The second-order valence-corrected chi connectivity index (χ2v) is 10.3. The molecule has 0 bridgehead atoms. The summed E-state index contributed by atoms with van der Waals surface area (Å²) in [6, 6.07) is 18.3. The predicted molar refractivity (Wildman–Crippen MR) is 148 cm³/mol. The molecule has 1 aliphatic carbocycles. The Labute approximate surface area is 217 Å². The number of anilines is 3. The van der Waals surface area contributed by atoms with E-state index in [0.717, 1.165) is 62.0 Å². The van der Waals surface area contributed by atoms with Crippen LogP contribution in [0.3, 0.4) is 0 Å². The topological polar surface area (TPSA) is 70.5 Å². The van der Waals surface area contributed by atoms with E-state index in [9.17, 15) is 0 Å². The number of piperazine rings is 1. The van der Waals surface area contributed by atoms with Crippen LogP contribution < -0.4 is 20.3 Å². The van der Waals surface area contributed by atoms with Crippen LogP contribution in [-0.4, -0.2) is 71.9 Å². The van der Waals surface area contributed by atoms with Gasteiger partial charge in [0.2, 0.25) is 5.95 Å². The summed E-state index contributed by atoms with van der Waals surface area (Å²) in [5.74, 6) is 1.36. The number of nitrogens with zero attached hydrogens (tertiary/aromatic N) is 5. The molecular weight excluding hydrogens is 462 g/mol. The first-order valence-corrected chi connectivity index (χ1v) is 13.3. The predicted octanol–water partition coefficient (Wildman–Crippen LogP) is 4.28. The molecule has 0 radical (unpaired) electrons. The van der Waals surface area contributed by atoms with Gasteiger partial charge in [-0.2, -0.15) is 0 Å². The maximum Gasteiger partial charge on any atom is 0.227 e. The number of hydrogen-bond donors (Lipinski definition) is 2. The van der Waals surface area contributed by atoms with Crippen molar-refractivity contribution in [1.82, 2.24) is 24.8 Å². The fraction of sp³-hybridized carbons (Fsp3) is 0.379. The van der Waals surface area contributed by atoms with Gasteiger partial charge in [-0.25, -0.2) is 9.97 Å². The first kappa shape index (κ1) is 22.6. The van der Waals surface area contributed by atoms with Crippen LogP contribution in [0.15, 0.2) is 60.9 Å². The molecule has 8 heteroatoms. The number of benzene rings is 2. The molecule has 8 nitrogen and oxygen atoms in total. The zero-order valence-electron chi connectivity index (χ0n) is 21.2. The number of para-hydroxylation sites is 1. The Kier molecular flexibility index (Phi) is 5.71. The van der Waals surface area contributed by atoms with Crippen molar-refractivity contribution in [2.45, 2.75) is 24.9 Å². The van der Waals surface area contributed by atoms with E-state index in [1.165, 1.54) is 29.4 Å². The van der Waals surface area contributed by atoms with E-state index in [-0.39, 0.29) is 0 Å². The summed E-state index contributed by atoms with van der Waals surface area (Å²) in [7, 11) is 1.72. The van der Waals surface area contributed by atoms with Crippen LogP contribution in [0.5, 0.6) is 5.75 Å². The van der Waals surface area contributed by atoms with E-state index in [1.54, 1.807) is 7.11 Å². The van der Waals surface area contributed by atoms with Crippen LogP contribution in [0.2, 0.25) is 0 Å². The minimum absolute atomic E-state index is 0.564. The van der Waals surface area contributed by atoms with Gasteiger partial charge in [-0.15, -0.1) is 0 Å². The highest BCUT2D eigenvalue weighted by Crippen LogP contribution is 2.41. The standard InChI is InChI=1S/C29H33N7O/c1-37-28-16-21(34-12-14-35(15-13-34)22-17-30-18-22)8-9-26(28)33-29-31-11-10-25(32-29)24-19-36(20-6-7-20)27-5-3-2-4-23(24)27/h2-5,8-11,16,19-20,22,30H,6-7,12-15,17-18H2,1H3,(H,31,32,33). The molecule has 2 saturated heterocycles. The third kappa shape index (κ3) is 4.30. The Balaban J connectivity index is 1.11. The quantitative estimate of drug-likeness (QED) is 0.397. The van der Waals surface area contributed by atoms with Crippen LogP contribution in [0.1, 0.15) is 18.9 Å². The third-order valence-electron chi connectivity index (χ3n) is 8.00. The highest BCUT2D eigenvalue weighted by Gasteiger charge is 2.28. The fourth-order valence-corrected chi connectivity index (χ4v) is 5.61. The average Bonchev–Trinajstić information content (AvgIpc) is 3.68. The molecule has 2 aromatic carbocycles. The van der Waals surface area contributed by atoms with Crippen LogP contribution >= 0.6 is 0 Å². The van der Waals surface area contributed by atoms with Gasteiger partial charge in [0, 0.05) is 92.0 Å². The maximum atomic E-state index is 5.78. The SMILES string of the molecule is COc1cc(N2CCN(C3CNC3)CC2)ccc1Nc1nccc(-c2cn(C3CC3)c3ccccc23)n1. The minimum atomic E-state index is 0.564. The molecule has 0 spiro atoms. The second-order valence-electron chi connectivity index (χ2n) is 10.3. The van der Waals surface area contributed by atoms with Gasteiger partial charge >= 0.3 is 0 Å². The largest absolute Gasteiger partial charge is 0.494 e. The zero-order chi connectivity index (χ0) is 24.8. The van der Waals surface area contributed by atoms with Gasteiger partial charge in [-0.3, -0.25) is 4.90 Å². The second kappa shape index (κ2) is 9.36. The summed E-state index contributed by atoms with van der Waals surface area (Å²) in [6.07, 6.45) is 6.58. The Hall–Kier alpha value is -3.62. The van der Waals surface area contributed by atoms with Gasteiger partial charge in [0.05, 0.1) is 18.5 Å². The number of nitrogens with one attached hydrogen (secondary N) is 2. The highest BCUT2D eigenvalue weighted by atomic mass is 16.5. The molecule has 1 saturated carbocycles. The van der Waals surface area contributed by atoms with Crippen molar-refractivity contribution >= 4 is 28.2 Å². The molecule has 2 aliphatic heterocycles. The van der Waals surface area contributed by atoms with Crippen molar-refractivity contribution < 1.29 is 4.74 Å². The van der Waals surface area contributed by atoms with Crippen molar-refractivity contribution in [3.63, 3.8) is 0 Å². The maximum absolute atomic E-state index is 5.78. The van der Waals surface area contributed by atoms with E-state index >= 15 is 0 Å². The Morgan fingerprint density at radius 3 is 2.57 bits per heavy atom. The molecule has 4 heterocycles. The van der Waals surface area contributed by atoms with Crippen LogP contribution in [0.4, 0.5) is 17.3 Å². The molecule has 3 fully saturated rings. The van der Waals surface area contributed by atoms with Crippen molar-refractivity contribution in [3.05, 3.63) is 60.9 Å². The van der Waals surface area contributed by atoms with E-state index in [0.29, 0.717) is 18.0 Å². The van der Waals surface area contributed by atoms with Crippen LogP contribution in [0.25, 0.3) is 22.2 Å². The summed E-state index contributed by atoms with van der Waals surface area (Å²) in [4.78, 5) is 14.5. The van der Waals surface area contributed by atoms with Crippen molar-refractivity contribution in [1.29, 1.82) is 0 Å². The van der Waals surface area contributed by atoms with Gasteiger partial charge in [0.25, 0.3) is 0 Å². The fourth-order valence-electron chi connectivity index (χ4n) is 5.61. The molecular formula is C29H33N7O. The van der Waals surface area contributed by atoms with E-state index in [2.05, 4.69) is 78.6 Å². The zero-order valence-corrected chi connectivity index (χ0v) is 21.2. The molecule has 3 aliphatic rings. The molecule has 0 amide bonds. The highest BCUT2D eigenvalue weighted by molar-refractivity contribution is 5.95. The number of aromatic nitrogens is 3. The number of fused-ring (bicyclic) bond motifs is 1. The molecule has 0 unspecified atom stereocenters. The number of ether oxygens (including phenoxy) is 1. The molecule has 2 aromatic heterocycles. The molecule has 2 N–H and O–H groups in total. The lowest BCUT2D eigenvalue weighted by molar-refractivity contribution is 0.138. The number of hydrogen-bond acceptors (Lipinski definition) is 7.